The van der Waals surface area contributed by atoms with E-state index in [2.05, 4.69) is 5.32 Å². The smallest absolute Gasteiger partial charge is 0.337 e. The summed E-state index contributed by atoms with van der Waals surface area (Å²) in [5.74, 6) is -0.713. The van der Waals surface area contributed by atoms with Gasteiger partial charge in [-0.15, -0.1) is 0 Å². The first-order valence-corrected chi connectivity index (χ1v) is 10.7. The number of carbonyl (C=O) groups is 2. The van der Waals surface area contributed by atoms with E-state index in [-0.39, 0.29) is 24.2 Å². The number of rotatable bonds is 10. The molecule has 0 bridgehead atoms. The van der Waals surface area contributed by atoms with Gasteiger partial charge in [0.1, 0.15) is 0 Å². The van der Waals surface area contributed by atoms with Gasteiger partial charge in [-0.1, -0.05) is 36.4 Å². The molecule has 2 aromatic carbocycles. The van der Waals surface area contributed by atoms with E-state index in [9.17, 15) is 14.7 Å². The van der Waals surface area contributed by atoms with Gasteiger partial charge in [-0.3, -0.25) is 4.79 Å². The molecule has 0 radical (unpaired) electrons. The second-order valence-electron chi connectivity index (χ2n) is 7.57. The molecule has 1 aliphatic heterocycles. The monoisotopic (exact) mass is 455 g/mol. The van der Waals surface area contributed by atoms with Gasteiger partial charge in [0.25, 0.3) is 5.91 Å². The molecule has 33 heavy (non-hydrogen) atoms. The Kier molecular flexibility index (Phi) is 9.00. The maximum absolute atomic E-state index is 12.6. The van der Waals surface area contributed by atoms with Crippen LogP contribution in [0.15, 0.2) is 60.4 Å². The van der Waals surface area contributed by atoms with Gasteiger partial charge in [0, 0.05) is 26.0 Å². The Morgan fingerprint density at radius 3 is 2.39 bits per heavy atom. The zero-order valence-corrected chi connectivity index (χ0v) is 18.8. The summed E-state index contributed by atoms with van der Waals surface area (Å²) in [6.07, 6.45) is 1.63. The van der Waals surface area contributed by atoms with Gasteiger partial charge in [0.15, 0.2) is 5.76 Å². The lowest BCUT2D eigenvalue weighted by Gasteiger charge is -2.29. The van der Waals surface area contributed by atoms with E-state index in [1.165, 1.54) is 7.11 Å². The molecule has 1 aliphatic rings. The average molecular weight is 456 g/mol. The van der Waals surface area contributed by atoms with Gasteiger partial charge in [0.05, 0.1) is 32.5 Å². The molecule has 2 atom stereocenters. The van der Waals surface area contributed by atoms with Crippen molar-refractivity contribution in [1.82, 2.24) is 5.32 Å². The van der Waals surface area contributed by atoms with Crippen molar-refractivity contribution < 1.29 is 33.6 Å². The van der Waals surface area contributed by atoms with Gasteiger partial charge in [-0.2, -0.15) is 0 Å². The number of ether oxygens (including phenoxy) is 4. The summed E-state index contributed by atoms with van der Waals surface area (Å²) >= 11 is 0. The fraction of sp³-hybridized carbons (Fsp3) is 0.360. The minimum Gasteiger partial charge on any atom is -0.465 e. The summed E-state index contributed by atoms with van der Waals surface area (Å²) in [4.78, 5) is 24.4. The minimum atomic E-state index is -0.638. The average Bonchev–Trinajstić information content (AvgIpc) is 2.87. The second-order valence-corrected chi connectivity index (χ2v) is 7.57. The van der Waals surface area contributed by atoms with Crippen molar-refractivity contribution in [2.45, 2.75) is 31.8 Å². The molecule has 1 amide bonds. The maximum Gasteiger partial charge on any atom is 0.337 e. The molecule has 3 rings (SSSR count). The third-order valence-corrected chi connectivity index (χ3v) is 5.27. The van der Waals surface area contributed by atoms with Gasteiger partial charge in [-0.05, 0) is 34.9 Å². The summed E-state index contributed by atoms with van der Waals surface area (Å²) in [5, 5.41) is 12.0. The van der Waals surface area contributed by atoms with Crippen LogP contribution in [-0.4, -0.2) is 50.6 Å². The van der Waals surface area contributed by atoms with Crippen molar-refractivity contribution in [3.05, 3.63) is 82.6 Å². The number of hydrogen-bond acceptors (Lipinski definition) is 7. The normalized spacial score (nSPS) is 17.6. The molecule has 0 spiro atoms. The number of hydrogen-bond donors (Lipinski definition) is 2. The van der Waals surface area contributed by atoms with E-state index in [1.54, 1.807) is 25.3 Å². The Hall–Kier alpha value is -3.20. The zero-order valence-electron chi connectivity index (χ0n) is 18.8. The van der Waals surface area contributed by atoms with E-state index >= 15 is 0 Å². The highest BCUT2D eigenvalue weighted by molar-refractivity contribution is 5.91. The molecule has 0 saturated carbocycles. The highest BCUT2D eigenvalue weighted by Crippen LogP contribution is 2.32. The zero-order chi connectivity index (χ0) is 23.6. The van der Waals surface area contributed by atoms with Crippen LogP contribution in [0.1, 0.15) is 39.4 Å². The number of carbonyl (C=O) groups excluding carboxylic acids is 2. The number of amides is 1. The highest BCUT2D eigenvalue weighted by atomic mass is 16.7. The van der Waals surface area contributed by atoms with Crippen LogP contribution >= 0.6 is 0 Å². The minimum absolute atomic E-state index is 0.0182. The molecular formula is C25H29NO7. The molecule has 0 aromatic heterocycles. The molecule has 0 aliphatic carbocycles. The van der Waals surface area contributed by atoms with Crippen LogP contribution in [0.5, 0.6) is 0 Å². The summed E-state index contributed by atoms with van der Waals surface area (Å²) < 4.78 is 21.6. The maximum atomic E-state index is 12.6. The van der Waals surface area contributed by atoms with Crippen LogP contribution in [0.2, 0.25) is 0 Å². The Labute approximate surface area is 193 Å². The van der Waals surface area contributed by atoms with E-state index in [4.69, 9.17) is 18.9 Å². The lowest BCUT2D eigenvalue weighted by Crippen LogP contribution is -2.34. The molecule has 1 heterocycles. The Balaban J connectivity index is 1.74. The standard InChI is InChI=1S/C25H29NO7/c1-30-12-11-26-24(28)22-13-21(19-7-9-20(10-8-19)25(29)31-2)14-23(33-22)32-16-18-5-3-17(15-27)4-6-18/h3-10,13,21,23,27H,11-12,14-16H2,1-2H3,(H,26,28)/t21-,23+/m1/s1. The fourth-order valence-electron chi connectivity index (χ4n) is 3.42. The lowest BCUT2D eigenvalue weighted by atomic mass is 9.92. The molecule has 8 heteroatoms. The quantitative estimate of drug-likeness (QED) is 0.419. The van der Waals surface area contributed by atoms with Crippen molar-refractivity contribution in [3.8, 4) is 0 Å². The number of aliphatic hydroxyl groups is 1. The van der Waals surface area contributed by atoms with Crippen molar-refractivity contribution >= 4 is 11.9 Å². The predicted octanol–water partition coefficient (Wildman–Crippen LogP) is 2.66. The van der Waals surface area contributed by atoms with Crippen LogP contribution in [0.25, 0.3) is 0 Å². The molecule has 2 N–H and O–H groups in total. The number of nitrogens with one attached hydrogen (secondary N) is 1. The molecule has 2 aromatic rings. The van der Waals surface area contributed by atoms with E-state index < -0.39 is 12.3 Å². The number of aliphatic hydroxyl groups excluding tert-OH is 1. The molecular weight excluding hydrogens is 426 g/mol. The lowest BCUT2D eigenvalue weighted by molar-refractivity contribution is -0.150. The largest absolute Gasteiger partial charge is 0.465 e. The SMILES string of the molecule is COCCNC(=O)C1=C[C@@H](c2ccc(C(=O)OC)cc2)C[C@@H](OCc2ccc(CO)cc2)O1. The highest BCUT2D eigenvalue weighted by Gasteiger charge is 2.29. The predicted molar refractivity (Wildman–Crippen MR) is 120 cm³/mol. The van der Waals surface area contributed by atoms with Crippen molar-refractivity contribution in [2.24, 2.45) is 0 Å². The molecule has 0 fully saturated rings. The first-order chi connectivity index (χ1) is 16.0. The number of esters is 1. The third-order valence-electron chi connectivity index (χ3n) is 5.27. The number of allylic oxidation sites excluding steroid dienone is 1. The van der Waals surface area contributed by atoms with Gasteiger partial charge >= 0.3 is 5.97 Å². The molecule has 176 valence electrons. The van der Waals surface area contributed by atoms with Gasteiger partial charge in [-0.25, -0.2) is 4.79 Å². The number of methoxy groups -OCH3 is 2. The topological polar surface area (TPSA) is 103 Å². The van der Waals surface area contributed by atoms with Crippen LogP contribution in [-0.2, 0) is 37.0 Å². The van der Waals surface area contributed by atoms with E-state index in [1.807, 2.05) is 36.4 Å². The molecule has 0 unspecified atom stereocenters. The van der Waals surface area contributed by atoms with E-state index in [0.717, 1.165) is 16.7 Å². The summed E-state index contributed by atoms with van der Waals surface area (Å²) in [6, 6.07) is 14.5. The molecule has 0 saturated heterocycles. The van der Waals surface area contributed by atoms with Gasteiger partial charge < -0.3 is 29.4 Å². The first kappa shape index (κ1) is 24.4. The van der Waals surface area contributed by atoms with E-state index in [0.29, 0.717) is 31.7 Å². The van der Waals surface area contributed by atoms with Gasteiger partial charge in [0.2, 0.25) is 6.29 Å². The first-order valence-electron chi connectivity index (χ1n) is 10.7. The van der Waals surface area contributed by atoms with Crippen molar-refractivity contribution in [1.29, 1.82) is 0 Å². The Morgan fingerprint density at radius 1 is 1.06 bits per heavy atom. The van der Waals surface area contributed by atoms with Crippen molar-refractivity contribution in [2.75, 3.05) is 27.4 Å². The van der Waals surface area contributed by atoms with Crippen LogP contribution < -0.4 is 5.32 Å². The second kappa shape index (κ2) is 12.2. The Bertz CT molecular complexity index is 954. The summed E-state index contributed by atoms with van der Waals surface area (Å²) in [6.45, 7) is 1.02. The molecule has 8 nitrogen and oxygen atoms in total. The fourth-order valence-corrected chi connectivity index (χ4v) is 3.42. The van der Waals surface area contributed by atoms with Crippen LogP contribution in [0, 0.1) is 0 Å². The summed E-state index contributed by atoms with van der Waals surface area (Å²) in [7, 11) is 2.90. The van der Waals surface area contributed by atoms with Crippen LogP contribution in [0.3, 0.4) is 0 Å². The summed E-state index contributed by atoms with van der Waals surface area (Å²) in [5.41, 5.74) is 3.12. The number of benzene rings is 2. The Morgan fingerprint density at radius 2 is 1.76 bits per heavy atom. The third kappa shape index (κ3) is 6.89. The van der Waals surface area contributed by atoms with Crippen LogP contribution in [0.4, 0.5) is 0 Å². The van der Waals surface area contributed by atoms with Crippen molar-refractivity contribution in [3.63, 3.8) is 0 Å².